The third-order valence-corrected chi connectivity index (χ3v) is 7.72. The van der Waals surface area contributed by atoms with Crippen LogP contribution in [0.25, 0.3) is 0 Å². The summed E-state index contributed by atoms with van der Waals surface area (Å²) in [7, 11) is 0. The lowest BCUT2D eigenvalue weighted by atomic mass is 9.99. The van der Waals surface area contributed by atoms with Crippen molar-refractivity contribution in [1.82, 2.24) is 10.2 Å². The molecule has 4 nitrogen and oxygen atoms in total. The number of nitrogens with zero attached hydrogens (tertiary/aromatic N) is 1. The maximum Gasteiger partial charge on any atom is 0.243 e. The van der Waals surface area contributed by atoms with Gasteiger partial charge in [0, 0.05) is 30.5 Å². The van der Waals surface area contributed by atoms with E-state index in [1.807, 2.05) is 54.6 Å². The first-order chi connectivity index (χ1) is 18.4. The number of rotatable bonds is 11. The second-order valence-corrected chi connectivity index (χ2v) is 11.2. The third-order valence-electron chi connectivity index (χ3n) is 7.49. The summed E-state index contributed by atoms with van der Waals surface area (Å²) in [6, 6.07) is 25.6. The zero-order valence-electron chi connectivity index (χ0n) is 22.5. The SMILES string of the molecule is CC(C)c1ccc(CCC(=O)N(Cc2cccc(Cl)c2)[C@H](Cc2ccccc2)C(=O)NC2CCCC2)cc1. The van der Waals surface area contributed by atoms with E-state index in [1.54, 1.807) is 4.90 Å². The van der Waals surface area contributed by atoms with Crippen LogP contribution < -0.4 is 5.32 Å². The molecule has 1 atom stereocenters. The molecule has 0 aromatic heterocycles. The Balaban J connectivity index is 1.59. The maximum absolute atomic E-state index is 13.9. The molecular weight excluding hydrogens is 492 g/mol. The van der Waals surface area contributed by atoms with E-state index in [0.717, 1.165) is 42.4 Å². The minimum Gasteiger partial charge on any atom is -0.352 e. The molecule has 4 rings (SSSR count). The summed E-state index contributed by atoms with van der Waals surface area (Å²) >= 11 is 6.29. The summed E-state index contributed by atoms with van der Waals surface area (Å²) in [4.78, 5) is 29.4. The zero-order valence-corrected chi connectivity index (χ0v) is 23.3. The average Bonchev–Trinajstić information content (AvgIpc) is 3.43. The van der Waals surface area contributed by atoms with Crippen LogP contribution in [0.15, 0.2) is 78.9 Å². The van der Waals surface area contributed by atoms with E-state index in [2.05, 4.69) is 43.4 Å². The molecule has 0 saturated heterocycles. The molecule has 3 aromatic carbocycles. The van der Waals surface area contributed by atoms with Crippen LogP contribution in [0, 0.1) is 0 Å². The quantitative estimate of drug-likeness (QED) is 0.287. The van der Waals surface area contributed by atoms with Gasteiger partial charge in [0.2, 0.25) is 11.8 Å². The number of carbonyl (C=O) groups excluding carboxylic acids is 2. The topological polar surface area (TPSA) is 49.4 Å². The second kappa shape index (κ2) is 13.6. The highest BCUT2D eigenvalue weighted by Gasteiger charge is 2.32. The molecule has 5 heteroatoms. The van der Waals surface area contributed by atoms with Gasteiger partial charge in [0.25, 0.3) is 0 Å². The number of hydrogen-bond donors (Lipinski definition) is 1. The van der Waals surface area contributed by atoms with Gasteiger partial charge in [-0.1, -0.05) is 105 Å². The average molecular weight is 531 g/mol. The van der Waals surface area contributed by atoms with Gasteiger partial charge in [-0.3, -0.25) is 9.59 Å². The summed E-state index contributed by atoms with van der Waals surface area (Å²) < 4.78 is 0. The van der Waals surface area contributed by atoms with Crippen LogP contribution in [-0.4, -0.2) is 28.8 Å². The normalized spacial score (nSPS) is 14.4. The Hall–Kier alpha value is -3.11. The van der Waals surface area contributed by atoms with Crippen LogP contribution in [-0.2, 0) is 29.0 Å². The Bertz CT molecular complexity index is 1190. The molecule has 1 fully saturated rings. The van der Waals surface area contributed by atoms with Crippen molar-refractivity contribution < 1.29 is 9.59 Å². The summed E-state index contributed by atoms with van der Waals surface area (Å²) in [6.45, 7) is 4.69. The van der Waals surface area contributed by atoms with Gasteiger partial charge in [-0.15, -0.1) is 0 Å². The van der Waals surface area contributed by atoms with E-state index in [9.17, 15) is 9.59 Å². The molecule has 1 N–H and O–H groups in total. The fourth-order valence-electron chi connectivity index (χ4n) is 5.22. The minimum atomic E-state index is -0.604. The standard InChI is InChI=1S/C33H39ClN2O2/c1-24(2)28-18-15-25(16-19-28)17-20-32(37)36(23-27-11-8-12-29(34)21-27)31(22-26-9-4-3-5-10-26)33(38)35-30-13-6-7-14-30/h3-5,8-12,15-16,18-19,21,24,30-31H,6-7,13-14,17,20,22-23H2,1-2H3,(H,35,38)/t31-/m1/s1. The molecule has 2 amide bonds. The summed E-state index contributed by atoms with van der Waals surface area (Å²) in [6.07, 6.45) is 5.70. The predicted molar refractivity (Wildman–Crippen MR) is 155 cm³/mol. The molecule has 0 spiro atoms. The van der Waals surface area contributed by atoms with E-state index in [1.165, 1.54) is 5.56 Å². The molecule has 0 radical (unpaired) electrons. The smallest absolute Gasteiger partial charge is 0.243 e. The van der Waals surface area contributed by atoms with E-state index >= 15 is 0 Å². The van der Waals surface area contributed by atoms with Crippen molar-refractivity contribution >= 4 is 23.4 Å². The molecule has 3 aromatic rings. The van der Waals surface area contributed by atoms with Crippen molar-refractivity contribution in [3.8, 4) is 0 Å². The molecule has 1 aliphatic carbocycles. The van der Waals surface area contributed by atoms with Crippen LogP contribution in [0.4, 0.5) is 0 Å². The first kappa shape index (κ1) is 27.9. The Morgan fingerprint density at radius 2 is 1.58 bits per heavy atom. The van der Waals surface area contributed by atoms with E-state index in [0.29, 0.717) is 36.7 Å². The highest BCUT2D eigenvalue weighted by molar-refractivity contribution is 6.30. The number of hydrogen-bond acceptors (Lipinski definition) is 2. The Labute approximate surface area is 232 Å². The zero-order chi connectivity index (χ0) is 26.9. The van der Waals surface area contributed by atoms with Crippen LogP contribution >= 0.6 is 11.6 Å². The highest BCUT2D eigenvalue weighted by Crippen LogP contribution is 2.22. The van der Waals surface area contributed by atoms with Gasteiger partial charge < -0.3 is 10.2 Å². The molecule has 38 heavy (non-hydrogen) atoms. The number of benzene rings is 3. The van der Waals surface area contributed by atoms with Crippen molar-refractivity contribution in [3.63, 3.8) is 0 Å². The van der Waals surface area contributed by atoms with Crippen LogP contribution in [0.1, 0.15) is 74.1 Å². The van der Waals surface area contributed by atoms with Gasteiger partial charge in [0.05, 0.1) is 0 Å². The van der Waals surface area contributed by atoms with Gasteiger partial charge in [0.1, 0.15) is 6.04 Å². The summed E-state index contributed by atoms with van der Waals surface area (Å²) in [5, 5.41) is 3.88. The predicted octanol–water partition coefficient (Wildman–Crippen LogP) is 7.09. The van der Waals surface area contributed by atoms with Crippen LogP contribution in [0.5, 0.6) is 0 Å². The molecule has 0 aliphatic heterocycles. The molecule has 0 bridgehead atoms. The first-order valence-corrected chi connectivity index (χ1v) is 14.2. The van der Waals surface area contributed by atoms with Gasteiger partial charge >= 0.3 is 0 Å². The van der Waals surface area contributed by atoms with Gasteiger partial charge in [-0.05, 0) is 59.6 Å². The Morgan fingerprint density at radius 1 is 0.895 bits per heavy atom. The van der Waals surface area contributed by atoms with Crippen molar-refractivity contribution in [2.75, 3.05) is 0 Å². The fraction of sp³-hybridized carbons (Fsp3) is 0.394. The van der Waals surface area contributed by atoms with Crippen LogP contribution in [0.3, 0.4) is 0 Å². The molecule has 200 valence electrons. The number of aryl methyl sites for hydroxylation is 1. The monoisotopic (exact) mass is 530 g/mol. The van der Waals surface area contributed by atoms with E-state index < -0.39 is 6.04 Å². The molecule has 0 unspecified atom stereocenters. The van der Waals surface area contributed by atoms with Crippen molar-refractivity contribution in [2.24, 2.45) is 0 Å². The summed E-state index contributed by atoms with van der Waals surface area (Å²) in [5.74, 6) is 0.369. The Kier molecular flexibility index (Phi) is 10.0. The van der Waals surface area contributed by atoms with E-state index in [4.69, 9.17) is 11.6 Å². The highest BCUT2D eigenvalue weighted by atomic mass is 35.5. The van der Waals surface area contributed by atoms with Gasteiger partial charge in [-0.25, -0.2) is 0 Å². The van der Waals surface area contributed by atoms with Gasteiger partial charge in [-0.2, -0.15) is 0 Å². The molecule has 1 aliphatic rings. The number of nitrogens with one attached hydrogen (secondary N) is 1. The minimum absolute atomic E-state index is 0.0274. The van der Waals surface area contributed by atoms with Crippen LogP contribution in [0.2, 0.25) is 5.02 Å². The lowest BCUT2D eigenvalue weighted by Crippen LogP contribution is -2.52. The van der Waals surface area contributed by atoms with Gasteiger partial charge in [0.15, 0.2) is 0 Å². The third kappa shape index (κ3) is 7.94. The number of carbonyl (C=O) groups is 2. The maximum atomic E-state index is 13.9. The fourth-order valence-corrected chi connectivity index (χ4v) is 5.43. The first-order valence-electron chi connectivity index (χ1n) is 13.9. The number of halogens is 1. The molecular formula is C33H39ClN2O2. The van der Waals surface area contributed by atoms with E-state index in [-0.39, 0.29) is 17.9 Å². The second-order valence-electron chi connectivity index (χ2n) is 10.7. The summed E-state index contributed by atoms with van der Waals surface area (Å²) in [5.41, 5.74) is 4.36. The van der Waals surface area contributed by atoms with Crippen molar-refractivity contribution in [2.45, 2.75) is 83.3 Å². The Morgan fingerprint density at radius 3 is 2.24 bits per heavy atom. The molecule has 0 heterocycles. The lowest BCUT2D eigenvalue weighted by Gasteiger charge is -2.32. The van der Waals surface area contributed by atoms with Crippen molar-refractivity contribution in [3.05, 3.63) is 106 Å². The largest absolute Gasteiger partial charge is 0.352 e. The van der Waals surface area contributed by atoms with Crippen molar-refractivity contribution in [1.29, 1.82) is 0 Å². The lowest BCUT2D eigenvalue weighted by molar-refractivity contribution is -0.141. The number of amides is 2. The molecule has 1 saturated carbocycles.